The van der Waals surface area contributed by atoms with Crippen LogP contribution in [0.4, 0.5) is 16.6 Å². The van der Waals surface area contributed by atoms with Gasteiger partial charge < -0.3 is 24.8 Å². The van der Waals surface area contributed by atoms with Crippen LogP contribution in [-0.4, -0.2) is 84.8 Å². The lowest BCUT2D eigenvalue weighted by Crippen LogP contribution is -2.45. The molecule has 0 radical (unpaired) electrons. The van der Waals surface area contributed by atoms with Crippen LogP contribution >= 0.6 is 0 Å². The van der Waals surface area contributed by atoms with Crippen LogP contribution in [0.1, 0.15) is 25.5 Å². The third-order valence-corrected chi connectivity index (χ3v) is 5.00. The first-order chi connectivity index (χ1) is 12.5. The quantitative estimate of drug-likeness (QED) is 0.871. The molecule has 0 atom stereocenters. The highest BCUT2D eigenvalue weighted by Crippen LogP contribution is 2.19. The molecule has 144 valence electrons. The minimum Gasteiger partial charge on any atom is -0.450 e. The summed E-state index contributed by atoms with van der Waals surface area (Å²) in [6, 6.07) is 2.31. The van der Waals surface area contributed by atoms with Crippen molar-refractivity contribution in [3.05, 3.63) is 11.8 Å². The van der Waals surface area contributed by atoms with E-state index in [-0.39, 0.29) is 6.09 Å². The molecular formula is C18H30N6O2. The Morgan fingerprint density at radius 1 is 1.19 bits per heavy atom. The summed E-state index contributed by atoms with van der Waals surface area (Å²) in [5.74, 6) is 1.69. The van der Waals surface area contributed by atoms with Gasteiger partial charge in [-0.1, -0.05) is 0 Å². The zero-order chi connectivity index (χ0) is 18.5. The Bertz CT molecular complexity index is 610. The largest absolute Gasteiger partial charge is 0.450 e. The van der Waals surface area contributed by atoms with Crippen LogP contribution < -0.4 is 10.2 Å². The number of nitrogens with zero attached hydrogens (tertiary/aromatic N) is 5. The SMILES string of the molecule is CCOC(=O)N1CCC(Nc2cc(C)nc(N3CCN(C)CC3)n2)CC1. The number of aryl methyl sites for hydroxylation is 1. The standard InChI is InChI=1S/C18H30N6O2/c1-4-26-18(25)24-7-5-15(6-8-24)20-16-13-14(2)19-17(21-16)23-11-9-22(3)10-12-23/h13,15H,4-12H2,1-3H3,(H,19,20,21). The molecule has 2 aliphatic heterocycles. The van der Waals surface area contributed by atoms with Gasteiger partial charge in [-0.3, -0.25) is 0 Å². The van der Waals surface area contributed by atoms with E-state index in [1.807, 2.05) is 19.9 Å². The zero-order valence-electron chi connectivity index (χ0n) is 16.1. The molecule has 0 aromatic carbocycles. The van der Waals surface area contributed by atoms with Crippen LogP contribution in [0.15, 0.2) is 6.07 Å². The Kier molecular flexibility index (Phi) is 6.13. The Morgan fingerprint density at radius 2 is 1.88 bits per heavy atom. The molecule has 8 nitrogen and oxygen atoms in total. The molecule has 0 aliphatic carbocycles. The van der Waals surface area contributed by atoms with Gasteiger partial charge in [-0.05, 0) is 33.7 Å². The molecule has 3 rings (SSSR count). The van der Waals surface area contributed by atoms with Crippen LogP contribution in [-0.2, 0) is 4.74 Å². The lowest BCUT2D eigenvalue weighted by Gasteiger charge is -2.33. The first-order valence-corrected chi connectivity index (χ1v) is 9.52. The van der Waals surface area contributed by atoms with Crippen molar-refractivity contribution in [3.63, 3.8) is 0 Å². The Hall–Kier alpha value is -2.09. The van der Waals surface area contributed by atoms with Gasteiger partial charge in [0.2, 0.25) is 5.95 Å². The second kappa shape index (κ2) is 8.53. The molecule has 0 saturated carbocycles. The molecule has 26 heavy (non-hydrogen) atoms. The van der Waals surface area contributed by atoms with E-state index in [9.17, 15) is 4.79 Å². The fourth-order valence-electron chi connectivity index (χ4n) is 3.40. The molecule has 2 fully saturated rings. The highest BCUT2D eigenvalue weighted by Gasteiger charge is 2.24. The number of aromatic nitrogens is 2. The van der Waals surface area contributed by atoms with Gasteiger partial charge in [0, 0.05) is 57.1 Å². The fourth-order valence-corrected chi connectivity index (χ4v) is 3.40. The number of piperidine rings is 1. The fraction of sp³-hybridized carbons (Fsp3) is 0.722. The first kappa shape index (κ1) is 18.7. The third-order valence-electron chi connectivity index (χ3n) is 5.00. The van der Waals surface area contributed by atoms with Crippen LogP contribution in [0.3, 0.4) is 0 Å². The minimum absolute atomic E-state index is 0.207. The number of nitrogens with one attached hydrogen (secondary N) is 1. The molecule has 1 aromatic heterocycles. The van der Waals surface area contributed by atoms with Crippen molar-refractivity contribution in [1.29, 1.82) is 0 Å². The van der Waals surface area contributed by atoms with Crippen LogP contribution in [0, 0.1) is 6.92 Å². The van der Waals surface area contributed by atoms with Gasteiger partial charge in [-0.15, -0.1) is 0 Å². The highest BCUT2D eigenvalue weighted by atomic mass is 16.6. The molecule has 1 aromatic rings. The van der Waals surface area contributed by atoms with Crippen molar-refractivity contribution in [3.8, 4) is 0 Å². The van der Waals surface area contributed by atoms with E-state index < -0.39 is 0 Å². The summed E-state index contributed by atoms with van der Waals surface area (Å²) in [6.07, 6.45) is 1.58. The maximum atomic E-state index is 11.8. The maximum Gasteiger partial charge on any atom is 0.409 e. The van der Waals surface area contributed by atoms with Gasteiger partial charge in [0.05, 0.1) is 6.61 Å². The summed E-state index contributed by atoms with van der Waals surface area (Å²) in [7, 11) is 2.14. The number of likely N-dealkylation sites (N-methyl/N-ethyl adjacent to an activating group) is 1. The molecule has 2 saturated heterocycles. The van der Waals surface area contributed by atoms with Crippen molar-refractivity contribution in [2.45, 2.75) is 32.7 Å². The van der Waals surface area contributed by atoms with Crippen LogP contribution in [0.5, 0.6) is 0 Å². The number of carbonyl (C=O) groups excluding carboxylic acids is 1. The van der Waals surface area contributed by atoms with Gasteiger partial charge in [-0.25, -0.2) is 9.78 Å². The zero-order valence-corrected chi connectivity index (χ0v) is 16.1. The number of anilines is 2. The Balaban J connectivity index is 1.58. The van der Waals surface area contributed by atoms with Crippen LogP contribution in [0.2, 0.25) is 0 Å². The number of amides is 1. The topological polar surface area (TPSA) is 73.8 Å². The van der Waals surface area contributed by atoms with Crippen molar-refractivity contribution < 1.29 is 9.53 Å². The summed E-state index contributed by atoms with van der Waals surface area (Å²) >= 11 is 0. The van der Waals surface area contributed by atoms with Gasteiger partial charge in [-0.2, -0.15) is 4.98 Å². The number of piperazine rings is 1. The van der Waals surface area contributed by atoms with Crippen molar-refractivity contribution in [1.82, 2.24) is 19.8 Å². The maximum absolute atomic E-state index is 11.8. The van der Waals surface area contributed by atoms with E-state index in [0.29, 0.717) is 25.7 Å². The predicted molar refractivity (Wildman–Crippen MR) is 102 cm³/mol. The first-order valence-electron chi connectivity index (χ1n) is 9.52. The number of hydrogen-bond donors (Lipinski definition) is 1. The number of likely N-dealkylation sites (tertiary alicyclic amines) is 1. The number of carbonyl (C=O) groups is 1. The summed E-state index contributed by atoms with van der Waals surface area (Å²) in [5.41, 5.74) is 0.973. The molecule has 1 N–H and O–H groups in total. The van der Waals surface area contributed by atoms with Gasteiger partial charge in [0.1, 0.15) is 5.82 Å². The second-order valence-corrected chi connectivity index (χ2v) is 7.09. The molecule has 3 heterocycles. The Labute approximate surface area is 155 Å². The number of rotatable bonds is 4. The van der Waals surface area contributed by atoms with Crippen molar-refractivity contribution >= 4 is 17.9 Å². The van der Waals surface area contributed by atoms with E-state index in [2.05, 4.69) is 27.1 Å². The lowest BCUT2D eigenvalue weighted by atomic mass is 10.1. The second-order valence-electron chi connectivity index (χ2n) is 7.09. The van der Waals surface area contributed by atoms with Gasteiger partial charge >= 0.3 is 6.09 Å². The Morgan fingerprint density at radius 3 is 2.54 bits per heavy atom. The van der Waals surface area contributed by atoms with Crippen molar-refractivity contribution in [2.24, 2.45) is 0 Å². The van der Waals surface area contributed by atoms with Crippen molar-refractivity contribution in [2.75, 3.05) is 63.1 Å². The average molecular weight is 362 g/mol. The highest BCUT2D eigenvalue weighted by molar-refractivity contribution is 5.67. The molecule has 2 aliphatic rings. The third kappa shape index (κ3) is 4.75. The van der Waals surface area contributed by atoms with E-state index in [4.69, 9.17) is 9.72 Å². The molecule has 0 spiro atoms. The smallest absolute Gasteiger partial charge is 0.409 e. The van der Waals surface area contributed by atoms with E-state index >= 15 is 0 Å². The molecule has 0 unspecified atom stereocenters. The lowest BCUT2D eigenvalue weighted by molar-refractivity contribution is 0.0983. The molecule has 1 amide bonds. The van der Waals surface area contributed by atoms with Gasteiger partial charge in [0.25, 0.3) is 0 Å². The summed E-state index contributed by atoms with van der Waals surface area (Å²) < 4.78 is 5.08. The number of hydrogen-bond acceptors (Lipinski definition) is 7. The van der Waals surface area contributed by atoms with Crippen LogP contribution in [0.25, 0.3) is 0 Å². The predicted octanol–water partition coefficient (Wildman–Crippen LogP) is 1.57. The molecule has 8 heteroatoms. The van der Waals surface area contributed by atoms with E-state index in [1.165, 1.54) is 0 Å². The average Bonchev–Trinajstić information content (AvgIpc) is 2.62. The van der Waals surface area contributed by atoms with E-state index in [0.717, 1.165) is 56.5 Å². The monoisotopic (exact) mass is 362 g/mol. The summed E-state index contributed by atoms with van der Waals surface area (Å²) in [6.45, 7) is 9.68. The summed E-state index contributed by atoms with van der Waals surface area (Å²) in [5, 5.41) is 3.53. The summed E-state index contributed by atoms with van der Waals surface area (Å²) in [4.78, 5) is 27.5. The normalized spacial score (nSPS) is 19.5. The minimum atomic E-state index is -0.207. The van der Waals surface area contributed by atoms with Gasteiger partial charge in [0.15, 0.2) is 0 Å². The van der Waals surface area contributed by atoms with E-state index in [1.54, 1.807) is 4.90 Å². The molecule has 0 bridgehead atoms. The molecular weight excluding hydrogens is 332 g/mol. The number of ether oxygens (including phenoxy) is 1.